The fourth-order valence-electron chi connectivity index (χ4n) is 0.935. The van der Waals surface area contributed by atoms with Crippen molar-refractivity contribution in [3.05, 3.63) is 35.4 Å². The largest absolute Gasteiger partial charge is 0.294 e. The van der Waals surface area contributed by atoms with E-state index in [1.807, 2.05) is 40.7 Å². The zero-order valence-corrected chi connectivity index (χ0v) is 10.9. The Morgan fingerprint density at radius 3 is 1.88 bits per heavy atom. The molecule has 16 heavy (non-hydrogen) atoms. The molecule has 0 saturated carbocycles. The zero-order valence-electron chi connectivity index (χ0n) is 10.9. The normalized spacial score (nSPS) is 7.50. The smallest absolute Gasteiger partial charge is 0.162 e. The Kier molecular flexibility index (Phi) is 12.0. The summed E-state index contributed by atoms with van der Waals surface area (Å²) in [5, 5.41) is 8.49. The molecule has 2 nitrogen and oxygen atoms in total. The van der Waals surface area contributed by atoms with Gasteiger partial charge in [-0.2, -0.15) is 5.26 Å². The van der Waals surface area contributed by atoms with Crippen LogP contribution in [0.3, 0.4) is 0 Å². The Morgan fingerprint density at radius 1 is 1.12 bits per heavy atom. The molecule has 0 radical (unpaired) electrons. The van der Waals surface area contributed by atoms with Gasteiger partial charge in [0.25, 0.3) is 0 Å². The van der Waals surface area contributed by atoms with Crippen LogP contribution in [0.4, 0.5) is 0 Å². The van der Waals surface area contributed by atoms with Crippen LogP contribution in [0.2, 0.25) is 0 Å². The first-order valence-electron chi connectivity index (χ1n) is 5.81. The van der Waals surface area contributed by atoms with Crippen LogP contribution in [-0.4, -0.2) is 5.78 Å². The second-order valence-electron chi connectivity index (χ2n) is 2.47. The molecule has 0 saturated heterocycles. The highest BCUT2D eigenvalue weighted by Gasteiger charge is 2.01. The van der Waals surface area contributed by atoms with Crippen molar-refractivity contribution in [2.45, 2.75) is 41.0 Å². The second kappa shape index (κ2) is 11.5. The quantitative estimate of drug-likeness (QED) is 0.699. The zero-order chi connectivity index (χ0) is 13.0. The van der Waals surface area contributed by atoms with Gasteiger partial charge in [-0.1, -0.05) is 46.8 Å². The minimum Gasteiger partial charge on any atom is -0.294 e. The molecule has 0 aromatic heterocycles. The average molecular weight is 219 g/mol. The van der Waals surface area contributed by atoms with Gasteiger partial charge in [0.15, 0.2) is 5.78 Å². The number of nitrogens with zero attached hydrogens (tertiary/aromatic N) is 1. The first-order chi connectivity index (χ1) is 7.77. The number of Topliss-reactive ketones (excluding diaryl/α,β-unsaturated/α-hetero) is 1. The molecule has 0 N–H and O–H groups in total. The fraction of sp³-hybridized carbons (Fsp3) is 0.429. The van der Waals surface area contributed by atoms with Crippen LogP contribution < -0.4 is 0 Å². The summed E-state index contributed by atoms with van der Waals surface area (Å²) >= 11 is 0. The first kappa shape index (κ1) is 16.8. The molecular formula is C14H21NO. The van der Waals surface area contributed by atoms with Gasteiger partial charge in [-0.15, -0.1) is 0 Å². The molecule has 0 unspecified atom stereocenters. The van der Waals surface area contributed by atoms with Gasteiger partial charge >= 0.3 is 0 Å². The van der Waals surface area contributed by atoms with Gasteiger partial charge in [0.05, 0.1) is 11.6 Å². The van der Waals surface area contributed by atoms with Crippen LogP contribution in [-0.2, 0) is 0 Å². The summed E-state index contributed by atoms with van der Waals surface area (Å²) < 4.78 is 0. The van der Waals surface area contributed by atoms with E-state index in [1.54, 1.807) is 24.3 Å². The van der Waals surface area contributed by atoms with Crippen molar-refractivity contribution in [3.8, 4) is 6.07 Å². The summed E-state index contributed by atoms with van der Waals surface area (Å²) in [7, 11) is 0. The average Bonchev–Trinajstić information content (AvgIpc) is 2.42. The third-order valence-electron chi connectivity index (χ3n) is 1.66. The van der Waals surface area contributed by atoms with Crippen molar-refractivity contribution in [3.63, 3.8) is 0 Å². The number of hydrogen-bond acceptors (Lipinski definition) is 2. The van der Waals surface area contributed by atoms with Gasteiger partial charge in [-0.25, -0.2) is 0 Å². The molecule has 0 spiro atoms. The van der Waals surface area contributed by atoms with Crippen LogP contribution in [0.1, 0.15) is 57.0 Å². The van der Waals surface area contributed by atoms with E-state index in [4.69, 9.17) is 5.26 Å². The standard InChI is InChI=1S/C10H9NO.2C2H6/c1-2-10(12)9-5-3-8(7-11)4-6-9;2*1-2/h3-6H,2H2,1H3;2*1-2H3. The van der Waals surface area contributed by atoms with Crippen LogP contribution >= 0.6 is 0 Å². The van der Waals surface area contributed by atoms with E-state index in [2.05, 4.69) is 0 Å². The van der Waals surface area contributed by atoms with Crippen molar-refractivity contribution in [1.82, 2.24) is 0 Å². The molecule has 1 rings (SSSR count). The van der Waals surface area contributed by atoms with Crippen LogP contribution in [0.5, 0.6) is 0 Å². The van der Waals surface area contributed by atoms with Gasteiger partial charge in [0.1, 0.15) is 0 Å². The highest BCUT2D eigenvalue weighted by molar-refractivity contribution is 5.95. The highest BCUT2D eigenvalue weighted by Crippen LogP contribution is 2.05. The van der Waals surface area contributed by atoms with E-state index in [0.29, 0.717) is 17.5 Å². The van der Waals surface area contributed by atoms with Gasteiger partial charge < -0.3 is 0 Å². The Labute approximate surface area is 98.9 Å². The third-order valence-corrected chi connectivity index (χ3v) is 1.66. The van der Waals surface area contributed by atoms with Gasteiger partial charge in [0.2, 0.25) is 0 Å². The SMILES string of the molecule is CC.CC.CCC(=O)c1ccc(C#N)cc1. The molecule has 1 aromatic rings. The number of carbonyl (C=O) groups excluding carboxylic acids is 1. The molecule has 0 heterocycles. The molecule has 0 atom stereocenters. The summed E-state index contributed by atoms with van der Waals surface area (Å²) in [6.07, 6.45) is 0.506. The maximum atomic E-state index is 11.1. The van der Waals surface area contributed by atoms with Gasteiger partial charge in [-0.05, 0) is 12.1 Å². The fourth-order valence-corrected chi connectivity index (χ4v) is 0.935. The van der Waals surface area contributed by atoms with Gasteiger partial charge in [-0.3, -0.25) is 4.79 Å². The topological polar surface area (TPSA) is 40.9 Å². The summed E-state index contributed by atoms with van der Waals surface area (Å²) in [4.78, 5) is 11.1. The number of hydrogen-bond donors (Lipinski definition) is 0. The van der Waals surface area contributed by atoms with Crippen molar-refractivity contribution < 1.29 is 4.79 Å². The molecule has 0 bridgehead atoms. The maximum absolute atomic E-state index is 11.1. The van der Waals surface area contributed by atoms with Crippen molar-refractivity contribution in [2.24, 2.45) is 0 Å². The van der Waals surface area contributed by atoms with Crippen molar-refractivity contribution in [2.75, 3.05) is 0 Å². The molecule has 88 valence electrons. The molecule has 1 aromatic carbocycles. The van der Waals surface area contributed by atoms with E-state index in [0.717, 1.165) is 0 Å². The van der Waals surface area contributed by atoms with E-state index < -0.39 is 0 Å². The lowest BCUT2D eigenvalue weighted by Crippen LogP contribution is -1.95. The van der Waals surface area contributed by atoms with Crippen molar-refractivity contribution in [1.29, 1.82) is 5.26 Å². The van der Waals surface area contributed by atoms with Crippen LogP contribution in [0.15, 0.2) is 24.3 Å². The lowest BCUT2D eigenvalue weighted by atomic mass is 10.1. The molecule has 0 aliphatic carbocycles. The molecule has 0 amide bonds. The van der Waals surface area contributed by atoms with E-state index >= 15 is 0 Å². The summed E-state index contributed by atoms with van der Waals surface area (Å²) in [6, 6.07) is 8.68. The third kappa shape index (κ3) is 5.98. The second-order valence-corrected chi connectivity index (χ2v) is 2.47. The van der Waals surface area contributed by atoms with E-state index in [-0.39, 0.29) is 5.78 Å². The Hall–Kier alpha value is -1.62. The number of carbonyl (C=O) groups is 1. The molecule has 0 aliphatic rings. The Morgan fingerprint density at radius 2 is 1.56 bits per heavy atom. The molecule has 0 fully saturated rings. The lowest BCUT2D eigenvalue weighted by molar-refractivity contribution is 0.0988. The monoisotopic (exact) mass is 219 g/mol. The number of ketones is 1. The van der Waals surface area contributed by atoms with Crippen LogP contribution in [0.25, 0.3) is 0 Å². The number of nitriles is 1. The Bertz CT molecular complexity index is 320. The molecular weight excluding hydrogens is 198 g/mol. The number of rotatable bonds is 2. The molecule has 0 aliphatic heterocycles. The van der Waals surface area contributed by atoms with E-state index in [1.165, 1.54) is 0 Å². The van der Waals surface area contributed by atoms with E-state index in [9.17, 15) is 4.79 Å². The minimum atomic E-state index is 0.111. The Balaban J connectivity index is 0. The lowest BCUT2D eigenvalue weighted by Gasteiger charge is -1.95. The van der Waals surface area contributed by atoms with Crippen LogP contribution in [0, 0.1) is 11.3 Å². The predicted octanol–water partition coefficient (Wildman–Crippen LogP) is 4.20. The molecule has 2 heteroatoms. The summed E-state index contributed by atoms with van der Waals surface area (Å²) in [6.45, 7) is 9.82. The highest BCUT2D eigenvalue weighted by atomic mass is 16.1. The maximum Gasteiger partial charge on any atom is 0.162 e. The number of benzene rings is 1. The summed E-state index contributed by atoms with van der Waals surface area (Å²) in [5.41, 5.74) is 1.26. The minimum absolute atomic E-state index is 0.111. The van der Waals surface area contributed by atoms with Gasteiger partial charge in [0, 0.05) is 12.0 Å². The van der Waals surface area contributed by atoms with Crippen molar-refractivity contribution >= 4 is 5.78 Å². The summed E-state index contributed by atoms with van der Waals surface area (Å²) in [5.74, 6) is 0.111. The first-order valence-corrected chi connectivity index (χ1v) is 5.81. The predicted molar refractivity (Wildman–Crippen MR) is 68.5 cm³/mol.